The van der Waals surface area contributed by atoms with Crippen molar-refractivity contribution in [2.75, 3.05) is 5.06 Å². The number of urea groups is 1. The molecule has 4 amide bonds. The Kier molecular flexibility index (Phi) is 9.39. The lowest BCUT2D eigenvalue weighted by atomic mass is 9.82. The maximum Gasteiger partial charge on any atom is 0.440 e. The summed E-state index contributed by atoms with van der Waals surface area (Å²) in [5, 5.41) is 13.9. The van der Waals surface area contributed by atoms with E-state index in [1.54, 1.807) is 47.6 Å². The zero-order valence-corrected chi connectivity index (χ0v) is 25.7. The number of nitrogens with zero attached hydrogens (tertiary/aromatic N) is 3. The normalized spacial score (nSPS) is 16.7. The van der Waals surface area contributed by atoms with Crippen molar-refractivity contribution < 1.29 is 33.9 Å². The molecule has 2 N–H and O–H groups in total. The number of aromatic nitrogens is 1. The van der Waals surface area contributed by atoms with Crippen LogP contribution in [0.2, 0.25) is 0 Å². The minimum atomic E-state index is -1.39. The number of aliphatic carboxylic acids is 1. The summed E-state index contributed by atoms with van der Waals surface area (Å²) < 4.78 is 5.49. The quantitative estimate of drug-likeness (QED) is 0.254. The Morgan fingerprint density at radius 1 is 0.932 bits per heavy atom. The number of anilines is 1. The number of hydrogen-bond donors (Lipinski definition) is 2. The van der Waals surface area contributed by atoms with Gasteiger partial charge in [0.1, 0.15) is 5.60 Å². The van der Waals surface area contributed by atoms with Gasteiger partial charge in [0.2, 0.25) is 5.91 Å². The monoisotopic (exact) mass is 602 g/mol. The smallest absolute Gasteiger partial charge is 0.440 e. The van der Waals surface area contributed by atoms with E-state index in [4.69, 9.17) is 9.57 Å². The van der Waals surface area contributed by atoms with Gasteiger partial charge in [-0.1, -0.05) is 60.7 Å². The number of benzene rings is 2. The molecule has 2 heterocycles. The van der Waals surface area contributed by atoms with Gasteiger partial charge in [0.15, 0.2) is 11.9 Å². The third-order valence-corrected chi connectivity index (χ3v) is 6.62. The average Bonchev–Trinajstić information content (AvgIpc) is 2.95. The summed E-state index contributed by atoms with van der Waals surface area (Å²) >= 11 is 0. The largest absolute Gasteiger partial charge is 0.480 e. The molecule has 11 heteroatoms. The molecule has 0 spiro atoms. The van der Waals surface area contributed by atoms with Crippen molar-refractivity contribution in [2.24, 2.45) is 5.92 Å². The summed E-state index contributed by atoms with van der Waals surface area (Å²) in [6.07, 6.45) is 0.643. The van der Waals surface area contributed by atoms with E-state index < -0.39 is 53.2 Å². The Bertz CT molecular complexity index is 1460. The predicted octanol–water partition coefficient (Wildman–Crippen LogP) is 5.51. The van der Waals surface area contributed by atoms with Crippen LogP contribution < -0.4 is 10.4 Å². The molecule has 1 fully saturated rings. The number of nitrogens with one attached hydrogen (secondary N) is 1. The molecule has 0 radical (unpaired) electrons. The van der Waals surface area contributed by atoms with E-state index in [2.05, 4.69) is 10.3 Å². The van der Waals surface area contributed by atoms with Crippen LogP contribution in [0.5, 0.6) is 0 Å². The molecule has 1 saturated heterocycles. The summed E-state index contributed by atoms with van der Waals surface area (Å²) in [4.78, 5) is 62.9. The first-order chi connectivity index (χ1) is 20.6. The predicted molar refractivity (Wildman–Crippen MR) is 163 cm³/mol. The van der Waals surface area contributed by atoms with Crippen LogP contribution in [0.4, 0.5) is 15.4 Å². The second-order valence-electron chi connectivity index (χ2n) is 12.5. The molecule has 1 aromatic heterocycles. The highest BCUT2D eigenvalue weighted by molar-refractivity contribution is 6.07. The number of β-lactam (4-membered cyclic amide) rings is 1. The van der Waals surface area contributed by atoms with Crippen molar-refractivity contribution >= 4 is 29.8 Å². The highest BCUT2D eigenvalue weighted by Gasteiger charge is 2.55. The third kappa shape index (κ3) is 7.78. The number of amides is 4. The van der Waals surface area contributed by atoms with Gasteiger partial charge in [-0.2, -0.15) is 0 Å². The molecule has 2 atom stereocenters. The summed E-state index contributed by atoms with van der Waals surface area (Å²) in [5.74, 6) is -2.84. The van der Waals surface area contributed by atoms with Crippen LogP contribution in [0.1, 0.15) is 64.3 Å². The fourth-order valence-electron chi connectivity index (χ4n) is 4.81. The summed E-state index contributed by atoms with van der Waals surface area (Å²) in [5.41, 5.74) is 0.500. The maximum atomic E-state index is 13.4. The molecule has 0 bridgehead atoms. The van der Waals surface area contributed by atoms with Crippen molar-refractivity contribution in [1.82, 2.24) is 15.2 Å². The SMILES string of the molecule is CC(C)(C)OC(=O)N(OC(C)(C)C)c1cc(C[C@H]2C(=O)N(C(=O)NC(c3ccccc3)c3ccccc3)[C@@H]2C(=O)O)ccn1. The molecule has 0 unspecified atom stereocenters. The lowest BCUT2D eigenvalue weighted by Crippen LogP contribution is -2.68. The Labute approximate surface area is 256 Å². The van der Waals surface area contributed by atoms with Gasteiger partial charge in [0.05, 0.1) is 17.6 Å². The molecule has 1 aliphatic rings. The average molecular weight is 603 g/mol. The second-order valence-corrected chi connectivity index (χ2v) is 12.5. The van der Waals surface area contributed by atoms with Gasteiger partial charge in [-0.3, -0.25) is 9.63 Å². The minimum Gasteiger partial charge on any atom is -0.480 e. The highest BCUT2D eigenvalue weighted by Crippen LogP contribution is 2.33. The van der Waals surface area contributed by atoms with Gasteiger partial charge in [0.25, 0.3) is 0 Å². The van der Waals surface area contributed by atoms with Crippen molar-refractivity contribution in [3.05, 3.63) is 95.7 Å². The number of ether oxygens (including phenoxy) is 1. The third-order valence-electron chi connectivity index (χ3n) is 6.62. The van der Waals surface area contributed by atoms with Crippen LogP contribution in [-0.4, -0.2) is 56.2 Å². The Balaban J connectivity index is 1.55. The molecular weight excluding hydrogens is 564 g/mol. The zero-order chi connectivity index (χ0) is 32.2. The summed E-state index contributed by atoms with van der Waals surface area (Å²) in [6.45, 7) is 10.5. The first-order valence-electron chi connectivity index (χ1n) is 14.3. The maximum absolute atomic E-state index is 13.4. The Hall–Kier alpha value is -4.77. The van der Waals surface area contributed by atoms with Gasteiger partial charge in [-0.05, 0) is 76.8 Å². The van der Waals surface area contributed by atoms with Crippen molar-refractivity contribution in [3.63, 3.8) is 0 Å². The number of pyridine rings is 1. The summed E-state index contributed by atoms with van der Waals surface area (Å²) in [7, 11) is 0. The van der Waals surface area contributed by atoms with E-state index >= 15 is 0 Å². The van der Waals surface area contributed by atoms with E-state index in [0.29, 0.717) is 5.56 Å². The molecule has 2 aromatic carbocycles. The first-order valence-corrected chi connectivity index (χ1v) is 14.3. The number of likely N-dealkylation sites (tertiary alicyclic amines) is 1. The van der Waals surface area contributed by atoms with Crippen LogP contribution in [0.15, 0.2) is 79.0 Å². The minimum absolute atomic E-state index is 0.00637. The van der Waals surface area contributed by atoms with Crippen LogP contribution in [-0.2, 0) is 25.6 Å². The van der Waals surface area contributed by atoms with Gasteiger partial charge < -0.3 is 15.2 Å². The van der Waals surface area contributed by atoms with Gasteiger partial charge in [-0.15, -0.1) is 5.06 Å². The molecule has 4 rings (SSSR count). The van der Waals surface area contributed by atoms with Crippen LogP contribution in [0.25, 0.3) is 0 Å². The highest BCUT2D eigenvalue weighted by atomic mass is 16.7. The number of carbonyl (C=O) groups excluding carboxylic acids is 3. The molecule has 11 nitrogen and oxygen atoms in total. The number of imide groups is 1. The Morgan fingerprint density at radius 3 is 2.00 bits per heavy atom. The Morgan fingerprint density at radius 2 is 1.50 bits per heavy atom. The molecule has 1 aliphatic heterocycles. The lowest BCUT2D eigenvalue weighted by molar-refractivity contribution is -0.165. The fraction of sp³-hybridized carbons (Fsp3) is 0.364. The van der Waals surface area contributed by atoms with Crippen molar-refractivity contribution in [2.45, 2.75) is 71.2 Å². The van der Waals surface area contributed by atoms with E-state index in [-0.39, 0.29) is 12.2 Å². The molecule has 0 saturated carbocycles. The molecule has 0 aliphatic carbocycles. The van der Waals surface area contributed by atoms with Crippen LogP contribution in [0.3, 0.4) is 0 Å². The number of hydrogen-bond acceptors (Lipinski definition) is 7. The van der Waals surface area contributed by atoms with E-state index in [1.807, 2.05) is 60.7 Å². The zero-order valence-electron chi connectivity index (χ0n) is 25.7. The lowest BCUT2D eigenvalue weighted by Gasteiger charge is -2.43. The summed E-state index contributed by atoms with van der Waals surface area (Å²) in [6, 6.07) is 18.8. The standard InChI is InChI=1S/C33H38N4O7/c1-32(2,3)43-31(42)37(44-33(4,5)6)25-20-21(17-18-34-25)19-24-27(29(39)40)36(28(24)38)30(41)35-26(22-13-9-7-10-14-22)23-15-11-8-12-16-23/h7-18,20,24,26-27H,19H2,1-6H3,(H,35,41)(H,39,40)/t24-,27+/m1/s1. The van der Waals surface area contributed by atoms with Crippen LogP contribution in [0, 0.1) is 5.92 Å². The van der Waals surface area contributed by atoms with Crippen LogP contribution >= 0.6 is 0 Å². The molecular formula is C33H38N4O7. The number of carbonyl (C=O) groups is 4. The molecule has 44 heavy (non-hydrogen) atoms. The fourth-order valence-corrected chi connectivity index (χ4v) is 4.81. The molecule has 232 valence electrons. The van der Waals surface area contributed by atoms with E-state index in [9.17, 15) is 24.3 Å². The number of hydroxylamine groups is 1. The second kappa shape index (κ2) is 12.8. The number of rotatable bonds is 8. The van der Waals surface area contributed by atoms with Gasteiger partial charge >= 0.3 is 18.1 Å². The van der Waals surface area contributed by atoms with Crippen molar-refractivity contribution in [1.29, 1.82) is 0 Å². The van der Waals surface area contributed by atoms with E-state index in [1.165, 1.54) is 12.3 Å². The van der Waals surface area contributed by atoms with Gasteiger partial charge in [0, 0.05) is 6.20 Å². The van der Waals surface area contributed by atoms with Gasteiger partial charge in [-0.25, -0.2) is 24.3 Å². The topological polar surface area (TPSA) is 138 Å². The first kappa shape index (κ1) is 32.2. The number of carboxylic acid groups (broad SMARTS) is 1. The van der Waals surface area contributed by atoms with Crippen molar-refractivity contribution in [3.8, 4) is 0 Å². The molecule has 3 aromatic rings. The van der Waals surface area contributed by atoms with E-state index in [0.717, 1.165) is 21.1 Å². The number of carboxylic acids is 1.